The normalized spacial score (nSPS) is 41.8. The van der Waals surface area contributed by atoms with Crippen LogP contribution in [0.4, 0.5) is 0 Å². The maximum Gasteiger partial charge on any atom is 0.302 e. The van der Waals surface area contributed by atoms with Gasteiger partial charge in [-0.1, -0.05) is 30.2 Å². The molecule has 2 bridgehead atoms. The Hall–Kier alpha value is -1.09. The molecule has 0 aliphatic heterocycles. The number of carbonyl (C=O) groups excluding carboxylic acids is 1. The van der Waals surface area contributed by atoms with Crippen LogP contribution < -0.4 is 0 Å². The summed E-state index contributed by atoms with van der Waals surface area (Å²) in [6.45, 7) is 10.1. The third kappa shape index (κ3) is 5.44. The molecule has 142 valence electrons. The fourth-order valence-corrected chi connectivity index (χ4v) is 4.74. The maximum atomic E-state index is 11.7. The molecule has 0 unspecified atom stereocenters. The lowest BCUT2D eigenvalue weighted by atomic mass is 9.60. The van der Waals surface area contributed by atoms with Gasteiger partial charge in [-0.05, 0) is 78.1 Å². The Bertz CT molecular complexity index is 543. The zero-order valence-corrected chi connectivity index (χ0v) is 16.7. The lowest BCUT2D eigenvalue weighted by Crippen LogP contribution is -2.53. The minimum atomic E-state index is -0.700. The summed E-state index contributed by atoms with van der Waals surface area (Å²) in [7, 11) is 0. The van der Waals surface area contributed by atoms with Crippen molar-refractivity contribution in [2.45, 2.75) is 97.7 Å². The number of esters is 1. The van der Waals surface area contributed by atoms with Gasteiger partial charge in [0.05, 0.1) is 5.60 Å². The van der Waals surface area contributed by atoms with Crippen LogP contribution in [-0.2, 0) is 9.53 Å². The van der Waals surface area contributed by atoms with E-state index in [9.17, 15) is 9.90 Å². The van der Waals surface area contributed by atoms with Crippen LogP contribution in [0, 0.1) is 11.3 Å². The largest absolute Gasteiger partial charge is 0.462 e. The van der Waals surface area contributed by atoms with Gasteiger partial charge in [0.1, 0.15) is 6.10 Å². The van der Waals surface area contributed by atoms with Crippen molar-refractivity contribution in [1.29, 1.82) is 0 Å². The maximum absolute atomic E-state index is 11.7. The lowest BCUT2D eigenvalue weighted by molar-refractivity contribution is -0.176. The first kappa shape index (κ1) is 20.2. The van der Waals surface area contributed by atoms with E-state index in [0.717, 1.165) is 44.9 Å². The summed E-state index contributed by atoms with van der Waals surface area (Å²) < 4.78 is 5.75. The molecule has 4 atom stereocenters. The van der Waals surface area contributed by atoms with Crippen molar-refractivity contribution in [3.8, 4) is 0 Å². The van der Waals surface area contributed by atoms with Crippen LogP contribution in [0.15, 0.2) is 23.3 Å². The predicted octanol–water partition coefficient (Wildman–Crippen LogP) is 5.33. The van der Waals surface area contributed by atoms with E-state index in [1.165, 1.54) is 18.1 Å². The summed E-state index contributed by atoms with van der Waals surface area (Å²) in [5.41, 5.74) is 1.96. The molecule has 0 aromatic carbocycles. The van der Waals surface area contributed by atoms with Gasteiger partial charge in [-0.15, -0.1) is 0 Å². The summed E-state index contributed by atoms with van der Waals surface area (Å²) in [5.74, 6) is -0.0334. The molecule has 0 radical (unpaired) electrons. The molecular weight excluding hydrogens is 312 g/mol. The van der Waals surface area contributed by atoms with E-state index >= 15 is 0 Å². The topological polar surface area (TPSA) is 46.5 Å². The van der Waals surface area contributed by atoms with Crippen LogP contribution in [0.25, 0.3) is 0 Å². The van der Waals surface area contributed by atoms with Gasteiger partial charge in [0.15, 0.2) is 0 Å². The van der Waals surface area contributed by atoms with Crippen molar-refractivity contribution in [2.75, 3.05) is 0 Å². The van der Waals surface area contributed by atoms with Gasteiger partial charge in [-0.2, -0.15) is 0 Å². The average Bonchev–Trinajstić information content (AvgIpc) is 2.47. The second-order valence-corrected chi connectivity index (χ2v) is 8.94. The third-order valence-corrected chi connectivity index (χ3v) is 6.35. The molecule has 0 aromatic rings. The number of carbonyl (C=O) groups is 1. The van der Waals surface area contributed by atoms with Gasteiger partial charge >= 0.3 is 5.97 Å². The molecule has 3 nitrogen and oxygen atoms in total. The Balaban J connectivity index is 2.31. The number of hydrogen-bond donors (Lipinski definition) is 1. The van der Waals surface area contributed by atoms with Gasteiger partial charge in [0, 0.05) is 12.3 Å². The van der Waals surface area contributed by atoms with E-state index in [4.69, 9.17) is 4.74 Å². The Kier molecular flexibility index (Phi) is 6.53. The summed E-state index contributed by atoms with van der Waals surface area (Å²) in [4.78, 5) is 11.7. The van der Waals surface area contributed by atoms with E-state index in [1.54, 1.807) is 0 Å². The van der Waals surface area contributed by atoms with E-state index in [0.29, 0.717) is 6.42 Å². The van der Waals surface area contributed by atoms with Crippen molar-refractivity contribution in [3.05, 3.63) is 23.3 Å². The summed E-state index contributed by atoms with van der Waals surface area (Å²) in [5, 5.41) is 11.2. The second kappa shape index (κ2) is 8.07. The van der Waals surface area contributed by atoms with E-state index < -0.39 is 5.60 Å². The first-order valence-corrected chi connectivity index (χ1v) is 9.83. The van der Waals surface area contributed by atoms with Crippen molar-refractivity contribution < 1.29 is 14.6 Å². The van der Waals surface area contributed by atoms with Crippen LogP contribution >= 0.6 is 0 Å². The van der Waals surface area contributed by atoms with Crippen molar-refractivity contribution in [3.63, 3.8) is 0 Å². The minimum absolute atomic E-state index is 0.101. The SMILES string of the molecule is CC(=O)O[C@H]1C[C@H]2CC/C(C)=C/CC/C(C)=C/CC[C@@]1(C)C[C@@]2(C)O. The van der Waals surface area contributed by atoms with Crippen LogP contribution in [0.1, 0.15) is 86.0 Å². The zero-order chi connectivity index (χ0) is 18.7. The second-order valence-electron chi connectivity index (χ2n) is 8.94. The summed E-state index contributed by atoms with van der Waals surface area (Å²) >= 11 is 0. The fourth-order valence-electron chi connectivity index (χ4n) is 4.74. The fraction of sp³-hybridized carbons (Fsp3) is 0.773. The first-order chi connectivity index (χ1) is 11.6. The number of rotatable bonds is 1. The molecule has 3 aliphatic rings. The molecule has 1 saturated carbocycles. The van der Waals surface area contributed by atoms with Gasteiger partial charge < -0.3 is 9.84 Å². The molecule has 0 aromatic heterocycles. The molecule has 3 rings (SSSR count). The van der Waals surface area contributed by atoms with Crippen molar-refractivity contribution >= 4 is 5.97 Å². The van der Waals surface area contributed by atoms with E-state index in [2.05, 4.69) is 32.9 Å². The van der Waals surface area contributed by atoms with Crippen LogP contribution in [-0.4, -0.2) is 22.8 Å². The number of fused-ring (bicyclic) bond motifs is 9. The summed E-state index contributed by atoms with van der Waals surface area (Å²) in [6.07, 6.45) is 12.1. The minimum Gasteiger partial charge on any atom is -0.462 e. The smallest absolute Gasteiger partial charge is 0.302 e. The molecule has 0 heterocycles. The van der Waals surface area contributed by atoms with Crippen LogP contribution in [0.3, 0.4) is 0 Å². The Morgan fingerprint density at radius 3 is 2.48 bits per heavy atom. The third-order valence-electron chi connectivity index (χ3n) is 6.35. The number of allylic oxidation sites excluding steroid dienone is 4. The molecular formula is C22H36O3. The van der Waals surface area contributed by atoms with Gasteiger partial charge in [-0.3, -0.25) is 4.79 Å². The quantitative estimate of drug-likeness (QED) is 0.514. The molecule has 0 saturated heterocycles. The molecule has 3 aliphatic carbocycles. The molecule has 3 heteroatoms. The monoisotopic (exact) mass is 348 g/mol. The van der Waals surface area contributed by atoms with Gasteiger partial charge in [0.2, 0.25) is 0 Å². The highest BCUT2D eigenvalue weighted by Gasteiger charge is 2.50. The van der Waals surface area contributed by atoms with Crippen LogP contribution in [0.5, 0.6) is 0 Å². The molecule has 0 amide bonds. The Morgan fingerprint density at radius 1 is 1.16 bits per heavy atom. The standard InChI is InChI=1S/C22H36O3/c1-16-8-6-9-17(2)11-12-19-14-20(25-18(3)23)21(4,13-7-10-16)15-22(19,5)24/h9-10,19-20,24H,6-8,11-15H2,1-5H3/b16-10+,17-9+/t19-,20+,21+,22-/m1/s1. The van der Waals surface area contributed by atoms with Crippen LogP contribution in [0.2, 0.25) is 0 Å². The van der Waals surface area contributed by atoms with Crippen molar-refractivity contribution in [2.24, 2.45) is 11.3 Å². The lowest BCUT2D eigenvalue weighted by Gasteiger charge is -2.51. The number of aliphatic hydroxyl groups is 1. The highest BCUT2D eigenvalue weighted by atomic mass is 16.5. The zero-order valence-electron chi connectivity index (χ0n) is 16.7. The van der Waals surface area contributed by atoms with Gasteiger partial charge in [-0.25, -0.2) is 0 Å². The Morgan fingerprint density at radius 2 is 1.80 bits per heavy atom. The highest BCUT2D eigenvalue weighted by Crippen LogP contribution is 2.50. The number of hydrogen-bond acceptors (Lipinski definition) is 3. The average molecular weight is 349 g/mol. The Labute approximate surface area is 153 Å². The summed E-state index contributed by atoms with van der Waals surface area (Å²) in [6, 6.07) is 0. The first-order valence-electron chi connectivity index (χ1n) is 9.83. The molecule has 0 spiro atoms. The van der Waals surface area contributed by atoms with Gasteiger partial charge in [0.25, 0.3) is 0 Å². The highest BCUT2D eigenvalue weighted by molar-refractivity contribution is 5.66. The molecule has 25 heavy (non-hydrogen) atoms. The van der Waals surface area contributed by atoms with E-state index in [1.807, 2.05) is 6.92 Å². The molecule has 1 N–H and O–H groups in total. The van der Waals surface area contributed by atoms with E-state index in [-0.39, 0.29) is 23.4 Å². The number of ether oxygens (including phenoxy) is 1. The van der Waals surface area contributed by atoms with Crippen molar-refractivity contribution in [1.82, 2.24) is 0 Å². The molecule has 1 fully saturated rings. The predicted molar refractivity (Wildman–Crippen MR) is 102 cm³/mol.